The molecule has 1 fully saturated rings. The van der Waals surface area contributed by atoms with Gasteiger partial charge in [-0.1, -0.05) is 6.07 Å². The average molecular weight is 573 g/mol. The lowest BCUT2D eigenvalue weighted by molar-refractivity contribution is 0.0126. The number of pyridine rings is 1. The quantitative estimate of drug-likeness (QED) is 0.255. The van der Waals surface area contributed by atoms with Crippen molar-refractivity contribution in [2.45, 2.75) is 57.4 Å². The summed E-state index contributed by atoms with van der Waals surface area (Å²) in [6.07, 6.45) is 8.34. The molecule has 9 nitrogen and oxygen atoms in total. The molecule has 0 atom stereocenters. The molecule has 0 radical (unpaired) electrons. The number of hydrogen-bond donors (Lipinski definition) is 2. The standard InChI is InChI=1S/C30H42F2N6O3/c1-30(31,32)28-8-4-7-24(34-28)29(39)35-26-17-22-20-38(36-25(22)18-27(26)40-3)23-11-9-21(10-12-23)19-37(2)14-6-16-41-15-5-13-33/h4,7-8,17-18,20-21,23H,5-6,9-16,19,33H2,1-3H3,(H,35,39). The lowest BCUT2D eigenvalue weighted by Crippen LogP contribution is -2.30. The van der Waals surface area contributed by atoms with Crippen LogP contribution in [-0.4, -0.2) is 72.6 Å². The molecule has 3 N–H and O–H groups in total. The van der Waals surface area contributed by atoms with E-state index in [0.717, 1.165) is 82.7 Å². The monoisotopic (exact) mass is 572 g/mol. The molecule has 11 heteroatoms. The Kier molecular flexibility index (Phi) is 10.6. The molecule has 3 aromatic rings. The van der Waals surface area contributed by atoms with Gasteiger partial charge in [0.1, 0.15) is 17.1 Å². The van der Waals surface area contributed by atoms with E-state index in [0.29, 0.717) is 29.9 Å². The summed E-state index contributed by atoms with van der Waals surface area (Å²) in [7, 11) is 3.69. The van der Waals surface area contributed by atoms with Crippen LogP contribution in [0.15, 0.2) is 36.5 Å². The van der Waals surface area contributed by atoms with Crippen LogP contribution in [0, 0.1) is 5.92 Å². The van der Waals surface area contributed by atoms with Gasteiger partial charge in [-0.05, 0) is 76.2 Å². The summed E-state index contributed by atoms with van der Waals surface area (Å²) >= 11 is 0. The maximum atomic E-state index is 13.7. The Balaban J connectivity index is 1.34. The van der Waals surface area contributed by atoms with Gasteiger partial charge in [0.05, 0.1) is 24.4 Å². The zero-order valence-electron chi connectivity index (χ0n) is 24.2. The Hall–Kier alpha value is -3.15. The number of anilines is 1. The number of nitrogens with one attached hydrogen (secondary N) is 1. The van der Waals surface area contributed by atoms with Gasteiger partial charge >= 0.3 is 0 Å². The van der Waals surface area contributed by atoms with Crippen LogP contribution >= 0.6 is 0 Å². The summed E-state index contributed by atoms with van der Waals surface area (Å²) in [6.45, 7) is 5.06. The molecule has 1 aliphatic carbocycles. The highest BCUT2D eigenvalue weighted by molar-refractivity contribution is 6.05. The number of nitrogens with two attached hydrogens (primary N) is 1. The van der Waals surface area contributed by atoms with Crippen LogP contribution in [0.4, 0.5) is 14.5 Å². The van der Waals surface area contributed by atoms with E-state index >= 15 is 0 Å². The first-order chi connectivity index (χ1) is 19.7. The molecule has 0 aliphatic heterocycles. The van der Waals surface area contributed by atoms with Gasteiger partial charge in [-0.25, -0.2) is 4.98 Å². The molecule has 41 heavy (non-hydrogen) atoms. The van der Waals surface area contributed by atoms with E-state index in [9.17, 15) is 13.6 Å². The summed E-state index contributed by atoms with van der Waals surface area (Å²) in [4.78, 5) is 19.1. The summed E-state index contributed by atoms with van der Waals surface area (Å²) in [5, 5.41) is 8.44. The Bertz CT molecular complexity index is 1290. The van der Waals surface area contributed by atoms with Crippen LogP contribution in [0.3, 0.4) is 0 Å². The number of fused-ring (bicyclic) bond motifs is 1. The van der Waals surface area contributed by atoms with Crippen molar-refractivity contribution in [3.05, 3.63) is 47.9 Å². The normalized spacial score (nSPS) is 17.7. The number of carbonyl (C=O) groups excluding carboxylic acids is 1. The van der Waals surface area contributed by atoms with Crippen molar-refractivity contribution in [2.24, 2.45) is 11.7 Å². The molecular formula is C30H42F2N6O3. The largest absolute Gasteiger partial charge is 0.494 e. The van der Waals surface area contributed by atoms with Crippen molar-refractivity contribution in [1.29, 1.82) is 0 Å². The Morgan fingerprint density at radius 3 is 2.66 bits per heavy atom. The number of amides is 1. The van der Waals surface area contributed by atoms with Crippen molar-refractivity contribution >= 4 is 22.5 Å². The second kappa shape index (κ2) is 14.2. The van der Waals surface area contributed by atoms with Gasteiger partial charge in [0.2, 0.25) is 0 Å². The first-order valence-electron chi connectivity index (χ1n) is 14.4. The van der Waals surface area contributed by atoms with Crippen molar-refractivity contribution < 1.29 is 23.0 Å². The zero-order valence-corrected chi connectivity index (χ0v) is 24.2. The van der Waals surface area contributed by atoms with Crippen LogP contribution in [0.2, 0.25) is 0 Å². The number of rotatable bonds is 14. The minimum Gasteiger partial charge on any atom is -0.494 e. The molecule has 224 valence electrons. The number of aromatic nitrogens is 3. The van der Waals surface area contributed by atoms with Crippen LogP contribution in [0.5, 0.6) is 5.75 Å². The van der Waals surface area contributed by atoms with Crippen LogP contribution in [0.1, 0.15) is 67.7 Å². The van der Waals surface area contributed by atoms with E-state index in [-0.39, 0.29) is 5.69 Å². The third kappa shape index (κ3) is 8.43. The lowest BCUT2D eigenvalue weighted by atomic mass is 9.86. The van der Waals surface area contributed by atoms with E-state index in [2.05, 4.69) is 22.2 Å². The molecule has 1 amide bonds. The van der Waals surface area contributed by atoms with E-state index < -0.39 is 17.5 Å². The molecule has 1 aromatic carbocycles. The maximum Gasteiger partial charge on any atom is 0.287 e. The SMILES string of the molecule is COc1cc2nn(C3CCC(CN(C)CCCOCCCN)CC3)cc2cc1NC(=O)c1cccc(C(C)(F)F)n1. The van der Waals surface area contributed by atoms with E-state index in [1.54, 1.807) is 12.1 Å². The number of carbonyl (C=O) groups is 1. The van der Waals surface area contributed by atoms with Gasteiger partial charge in [0.25, 0.3) is 11.8 Å². The average Bonchev–Trinajstić information content (AvgIpc) is 3.37. The van der Waals surface area contributed by atoms with Gasteiger partial charge in [0, 0.05) is 50.9 Å². The number of halogens is 2. The van der Waals surface area contributed by atoms with Crippen molar-refractivity contribution in [2.75, 3.05) is 52.3 Å². The molecule has 0 bridgehead atoms. The van der Waals surface area contributed by atoms with Gasteiger partial charge in [-0.15, -0.1) is 0 Å². The number of alkyl halides is 2. The highest BCUT2D eigenvalue weighted by Gasteiger charge is 2.27. The summed E-state index contributed by atoms with van der Waals surface area (Å²) < 4.78 is 40.6. The number of nitrogens with zero attached hydrogens (tertiary/aromatic N) is 4. The Morgan fingerprint density at radius 1 is 1.20 bits per heavy atom. The second-order valence-electron chi connectivity index (χ2n) is 11.0. The molecule has 2 aromatic heterocycles. The van der Waals surface area contributed by atoms with Gasteiger partial charge in [-0.2, -0.15) is 13.9 Å². The van der Waals surface area contributed by atoms with Gasteiger partial charge < -0.3 is 25.4 Å². The molecule has 0 unspecified atom stereocenters. The van der Waals surface area contributed by atoms with E-state index in [1.807, 2.05) is 10.9 Å². The third-order valence-corrected chi connectivity index (χ3v) is 7.60. The first-order valence-corrected chi connectivity index (χ1v) is 14.4. The van der Waals surface area contributed by atoms with Crippen LogP contribution < -0.4 is 15.8 Å². The zero-order chi connectivity index (χ0) is 29.4. The van der Waals surface area contributed by atoms with Crippen molar-refractivity contribution in [3.63, 3.8) is 0 Å². The molecule has 1 aliphatic rings. The van der Waals surface area contributed by atoms with Crippen LogP contribution in [-0.2, 0) is 10.7 Å². The number of methoxy groups -OCH3 is 1. The molecule has 4 rings (SSSR count). The fourth-order valence-corrected chi connectivity index (χ4v) is 5.37. The predicted molar refractivity (Wildman–Crippen MR) is 156 cm³/mol. The Morgan fingerprint density at radius 2 is 1.95 bits per heavy atom. The second-order valence-corrected chi connectivity index (χ2v) is 11.0. The van der Waals surface area contributed by atoms with Crippen molar-refractivity contribution in [1.82, 2.24) is 19.7 Å². The van der Waals surface area contributed by atoms with Gasteiger partial charge in [0.15, 0.2) is 0 Å². The molecule has 1 saturated carbocycles. The topological polar surface area (TPSA) is 108 Å². The molecule has 2 heterocycles. The summed E-state index contributed by atoms with van der Waals surface area (Å²) in [5.41, 5.74) is 6.13. The number of hydrogen-bond acceptors (Lipinski definition) is 7. The fraction of sp³-hybridized carbons (Fsp3) is 0.567. The molecule has 0 saturated heterocycles. The summed E-state index contributed by atoms with van der Waals surface area (Å²) in [5.74, 6) is -2.63. The van der Waals surface area contributed by atoms with Crippen LogP contribution in [0.25, 0.3) is 10.9 Å². The summed E-state index contributed by atoms with van der Waals surface area (Å²) in [6, 6.07) is 7.90. The lowest BCUT2D eigenvalue weighted by Gasteiger charge is -2.31. The smallest absolute Gasteiger partial charge is 0.287 e. The van der Waals surface area contributed by atoms with Crippen molar-refractivity contribution in [3.8, 4) is 5.75 Å². The maximum absolute atomic E-state index is 13.7. The van der Waals surface area contributed by atoms with E-state index in [1.165, 1.54) is 25.3 Å². The number of benzene rings is 1. The third-order valence-electron chi connectivity index (χ3n) is 7.60. The fourth-order valence-electron chi connectivity index (χ4n) is 5.37. The predicted octanol–water partition coefficient (Wildman–Crippen LogP) is 5.22. The Labute approximate surface area is 240 Å². The minimum absolute atomic E-state index is 0.0971. The van der Waals surface area contributed by atoms with E-state index in [4.69, 9.17) is 20.3 Å². The molecule has 0 spiro atoms. The highest BCUT2D eigenvalue weighted by Crippen LogP contribution is 2.35. The highest BCUT2D eigenvalue weighted by atomic mass is 19.3. The molecular weight excluding hydrogens is 530 g/mol. The van der Waals surface area contributed by atoms with Gasteiger partial charge in [-0.3, -0.25) is 9.48 Å². The number of ether oxygens (including phenoxy) is 2. The minimum atomic E-state index is -3.14. The first kappa shape index (κ1) is 30.8.